The van der Waals surface area contributed by atoms with Gasteiger partial charge in [-0.2, -0.15) is 19.0 Å². The van der Waals surface area contributed by atoms with Crippen LogP contribution in [0.15, 0.2) is 6.08 Å². The minimum atomic E-state index is 0. The third kappa shape index (κ3) is 17.5. The Morgan fingerprint density at radius 3 is 2.25 bits per heavy atom. The van der Waals surface area contributed by atoms with Crippen LogP contribution in [0.2, 0.25) is 0 Å². The molecule has 0 saturated heterocycles. The Morgan fingerprint density at radius 1 is 1.42 bits per heavy atom. The monoisotopic (exact) mass is 145 g/mol. The van der Waals surface area contributed by atoms with Crippen LogP contribution in [0.1, 0.15) is 13.3 Å². The van der Waals surface area contributed by atoms with Gasteiger partial charge in [-0.25, -0.2) is 0 Å². The van der Waals surface area contributed by atoms with Crippen LogP contribution in [0, 0.1) is 19.4 Å². The SMILES string of the molecule is [CH-]=CC[N-]CC([CH2-])CC.[Li+].[Li+].[Li+]. The molecule has 4 heteroatoms. The normalized spacial score (nSPS) is 9.83. The summed E-state index contributed by atoms with van der Waals surface area (Å²) >= 11 is 0. The summed E-state index contributed by atoms with van der Waals surface area (Å²) in [6.45, 7) is 12.6. The zero-order valence-electron chi connectivity index (χ0n) is 9.01. The molecule has 0 aliphatic carbocycles. The molecule has 54 valence electrons. The van der Waals surface area contributed by atoms with Crippen molar-refractivity contribution >= 4 is 0 Å². The van der Waals surface area contributed by atoms with Gasteiger partial charge in [-0.3, -0.25) is 6.08 Å². The maximum absolute atomic E-state index is 5.12. The summed E-state index contributed by atoms with van der Waals surface area (Å²) in [5.41, 5.74) is 0. The van der Waals surface area contributed by atoms with Crippen molar-refractivity contribution in [3.63, 3.8) is 0 Å². The van der Waals surface area contributed by atoms with E-state index in [0.717, 1.165) is 13.0 Å². The molecule has 0 heterocycles. The summed E-state index contributed by atoms with van der Waals surface area (Å²) in [6.07, 6.45) is 2.65. The molecular formula is C8H14Li3N. The van der Waals surface area contributed by atoms with Crippen LogP contribution in [-0.4, -0.2) is 13.1 Å². The summed E-state index contributed by atoms with van der Waals surface area (Å²) in [5.74, 6) is 0.463. The largest absolute Gasteiger partial charge is 1.00 e. The molecule has 0 spiro atoms. The molecular weight excluding hydrogens is 131 g/mol. The van der Waals surface area contributed by atoms with Gasteiger partial charge in [0.15, 0.2) is 0 Å². The van der Waals surface area contributed by atoms with Gasteiger partial charge in [-0.05, 0) is 0 Å². The van der Waals surface area contributed by atoms with Gasteiger partial charge < -0.3 is 18.8 Å². The van der Waals surface area contributed by atoms with E-state index in [-0.39, 0.29) is 56.6 Å². The summed E-state index contributed by atoms with van der Waals surface area (Å²) in [6, 6.07) is 0. The third-order valence-corrected chi connectivity index (χ3v) is 1.20. The maximum atomic E-state index is 5.12. The van der Waals surface area contributed by atoms with Crippen molar-refractivity contribution in [1.29, 1.82) is 0 Å². The molecule has 0 saturated carbocycles. The molecule has 0 aromatic rings. The first-order chi connectivity index (χ1) is 4.31. The zero-order valence-corrected chi connectivity index (χ0v) is 9.01. The summed E-state index contributed by atoms with van der Waals surface area (Å²) < 4.78 is 0. The van der Waals surface area contributed by atoms with Crippen LogP contribution in [0.5, 0.6) is 0 Å². The van der Waals surface area contributed by atoms with Gasteiger partial charge in [0.05, 0.1) is 0 Å². The molecule has 0 amide bonds. The third-order valence-electron chi connectivity index (χ3n) is 1.20. The van der Waals surface area contributed by atoms with Gasteiger partial charge in [0, 0.05) is 0 Å². The molecule has 12 heavy (non-hydrogen) atoms. The summed E-state index contributed by atoms with van der Waals surface area (Å²) in [7, 11) is 0. The molecule has 0 fully saturated rings. The zero-order chi connectivity index (χ0) is 7.11. The van der Waals surface area contributed by atoms with E-state index in [1.165, 1.54) is 0 Å². The molecule has 0 rings (SSSR count). The Bertz CT molecular complexity index is 78.7. The first kappa shape index (κ1) is 23.4. The molecule has 0 aliphatic rings. The van der Waals surface area contributed by atoms with E-state index in [1.54, 1.807) is 6.08 Å². The number of nitrogens with zero attached hydrogens (tertiary/aromatic N) is 1. The van der Waals surface area contributed by atoms with Gasteiger partial charge in [0.2, 0.25) is 0 Å². The summed E-state index contributed by atoms with van der Waals surface area (Å²) in [5, 5.41) is 4.12. The molecule has 0 aromatic heterocycles. The van der Waals surface area contributed by atoms with E-state index in [0.29, 0.717) is 12.5 Å². The predicted octanol–water partition coefficient (Wildman–Crippen LogP) is -6.78. The molecule has 1 atom stereocenters. The van der Waals surface area contributed by atoms with Crippen molar-refractivity contribution in [3.05, 3.63) is 24.9 Å². The predicted molar refractivity (Wildman–Crippen MR) is 41.1 cm³/mol. The molecule has 0 aliphatic heterocycles. The topological polar surface area (TPSA) is 14.1 Å². The Morgan fingerprint density at radius 2 is 1.92 bits per heavy atom. The van der Waals surface area contributed by atoms with Crippen LogP contribution in [0.4, 0.5) is 0 Å². The van der Waals surface area contributed by atoms with Crippen LogP contribution in [-0.2, 0) is 0 Å². The first-order valence-corrected chi connectivity index (χ1v) is 3.31. The smallest absolute Gasteiger partial charge is 0.663 e. The number of hydrogen-bond acceptors (Lipinski definition) is 0. The fourth-order valence-corrected chi connectivity index (χ4v) is 0.461. The van der Waals surface area contributed by atoms with Crippen LogP contribution < -0.4 is 56.6 Å². The van der Waals surface area contributed by atoms with Crippen molar-refractivity contribution in [1.82, 2.24) is 0 Å². The maximum Gasteiger partial charge on any atom is 1.00 e. The van der Waals surface area contributed by atoms with E-state index >= 15 is 0 Å². The average molecular weight is 145 g/mol. The van der Waals surface area contributed by atoms with Crippen LogP contribution in [0.3, 0.4) is 0 Å². The second-order valence-electron chi connectivity index (χ2n) is 2.10. The van der Waals surface area contributed by atoms with Gasteiger partial charge >= 0.3 is 56.6 Å². The van der Waals surface area contributed by atoms with Crippen molar-refractivity contribution in [2.45, 2.75) is 13.3 Å². The van der Waals surface area contributed by atoms with E-state index in [1.807, 2.05) is 0 Å². The Kier molecular flexibility index (Phi) is 35.7. The van der Waals surface area contributed by atoms with Gasteiger partial charge in [0.1, 0.15) is 0 Å². The fraction of sp³-hybridized carbons (Fsp3) is 0.625. The minimum absolute atomic E-state index is 0. The van der Waals surface area contributed by atoms with Crippen molar-refractivity contribution in [3.8, 4) is 0 Å². The molecule has 1 unspecified atom stereocenters. The van der Waals surface area contributed by atoms with E-state index in [4.69, 9.17) is 6.58 Å². The Hall–Kier alpha value is 1.49. The first-order valence-electron chi connectivity index (χ1n) is 3.31. The van der Waals surface area contributed by atoms with E-state index in [2.05, 4.69) is 19.2 Å². The number of rotatable bonds is 5. The molecule has 0 aromatic carbocycles. The molecule has 1 nitrogen and oxygen atoms in total. The van der Waals surface area contributed by atoms with Crippen molar-refractivity contribution < 1.29 is 56.6 Å². The van der Waals surface area contributed by atoms with Gasteiger partial charge in [-0.15, -0.1) is 0 Å². The second kappa shape index (κ2) is 18.3. The van der Waals surface area contributed by atoms with Crippen LogP contribution >= 0.6 is 0 Å². The van der Waals surface area contributed by atoms with Crippen LogP contribution in [0.25, 0.3) is 5.32 Å². The molecule has 0 radical (unpaired) electrons. The minimum Gasteiger partial charge on any atom is -0.663 e. The Labute approximate surface area is 113 Å². The molecule has 0 bridgehead atoms. The standard InChI is InChI=1S/C8H14N.3Li/c1-4-6-9-7-8(3)5-2;;;/h1,4,8H,3,5-7H2,2H3;;;/q-3;3*+1. The second-order valence-corrected chi connectivity index (χ2v) is 2.10. The fourth-order valence-electron chi connectivity index (χ4n) is 0.461. The van der Waals surface area contributed by atoms with E-state index in [9.17, 15) is 0 Å². The van der Waals surface area contributed by atoms with Gasteiger partial charge in [0.25, 0.3) is 0 Å². The van der Waals surface area contributed by atoms with Crippen molar-refractivity contribution in [2.24, 2.45) is 5.92 Å². The average Bonchev–Trinajstić information content (AvgIpc) is 1.89. The Balaban J connectivity index is -0.000000107. The molecule has 0 N–H and O–H groups in total. The van der Waals surface area contributed by atoms with E-state index < -0.39 is 0 Å². The number of hydrogen-bond donors (Lipinski definition) is 0. The summed E-state index contributed by atoms with van der Waals surface area (Å²) in [4.78, 5) is 0. The van der Waals surface area contributed by atoms with Gasteiger partial charge in [-0.1, -0.05) is 13.3 Å². The van der Waals surface area contributed by atoms with Crippen molar-refractivity contribution in [2.75, 3.05) is 13.1 Å². The quantitative estimate of drug-likeness (QED) is 0.207.